The SMILES string of the molecule is CCCC(CC(=O)O)N1C(=O)c2ccccc2C(c2ccc(C(=N)N)cc2)C1OC.O=C(O)C(F)(F)F. The van der Waals surface area contributed by atoms with Crippen molar-refractivity contribution in [2.75, 3.05) is 7.11 Å². The maximum Gasteiger partial charge on any atom is 0.490 e. The van der Waals surface area contributed by atoms with E-state index in [1.165, 1.54) is 0 Å². The van der Waals surface area contributed by atoms with Gasteiger partial charge in [-0.3, -0.25) is 15.0 Å². The van der Waals surface area contributed by atoms with E-state index in [0.29, 0.717) is 17.5 Å². The lowest BCUT2D eigenvalue weighted by Gasteiger charge is -2.45. The molecule has 1 heterocycles. The number of rotatable bonds is 8. The molecule has 0 aromatic heterocycles. The highest BCUT2D eigenvalue weighted by Crippen LogP contribution is 2.40. The third-order valence-electron chi connectivity index (χ3n) is 5.81. The molecule has 2 aromatic carbocycles. The Labute approximate surface area is 211 Å². The number of methoxy groups -OCH3 is 1. The van der Waals surface area contributed by atoms with Crippen molar-refractivity contribution in [3.05, 3.63) is 70.8 Å². The lowest BCUT2D eigenvalue weighted by molar-refractivity contribution is -0.192. The zero-order valence-corrected chi connectivity index (χ0v) is 20.2. The van der Waals surface area contributed by atoms with Crippen LogP contribution in [0.1, 0.15) is 59.2 Å². The minimum absolute atomic E-state index is 0.0184. The predicted molar refractivity (Wildman–Crippen MR) is 127 cm³/mol. The van der Waals surface area contributed by atoms with Crippen LogP contribution in [-0.4, -0.2) is 64.4 Å². The Hall–Kier alpha value is -3.93. The van der Waals surface area contributed by atoms with Crippen molar-refractivity contribution in [2.45, 2.75) is 50.6 Å². The number of alkyl halides is 3. The number of amidine groups is 1. The summed E-state index contributed by atoms with van der Waals surface area (Å²) in [5, 5.41) is 24.2. The maximum atomic E-state index is 13.4. The van der Waals surface area contributed by atoms with E-state index in [0.717, 1.165) is 17.5 Å². The van der Waals surface area contributed by atoms with E-state index in [4.69, 9.17) is 25.8 Å². The van der Waals surface area contributed by atoms with Crippen LogP contribution < -0.4 is 5.73 Å². The molecule has 5 N–H and O–H groups in total. The number of aliphatic carboxylic acids is 2. The molecular formula is C25H28F3N3O6. The topological polar surface area (TPSA) is 154 Å². The number of amides is 1. The number of fused-ring (bicyclic) bond motifs is 1. The summed E-state index contributed by atoms with van der Waals surface area (Å²) in [5.41, 5.74) is 8.49. The van der Waals surface area contributed by atoms with E-state index in [1.54, 1.807) is 30.2 Å². The quantitative estimate of drug-likeness (QED) is 0.303. The second kappa shape index (κ2) is 12.3. The van der Waals surface area contributed by atoms with Crippen LogP contribution in [0.3, 0.4) is 0 Å². The average molecular weight is 524 g/mol. The molecule has 12 heteroatoms. The van der Waals surface area contributed by atoms with Gasteiger partial charge in [0.1, 0.15) is 12.1 Å². The van der Waals surface area contributed by atoms with E-state index >= 15 is 0 Å². The van der Waals surface area contributed by atoms with Crippen molar-refractivity contribution in [1.82, 2.24) is 4.90 Å². The van der Waals surface area contributed by atoms with Gasteiger partial charge in [-0.25, -0.2) is 4.79 Å². The minimum Gasteiger partial charge on any atom is -0.481 e. The number of nitrogens with one attached hydrogen (secondary N) is 1. The highest BCUT2D eigenvalue weighted by molar-refractivity contribution is 5.98. The van der Waals surface area contributed by atoms with Crippen LogP contribution in [0.5, 0.6) is 0 Å². The van der Waals surface area contributed by atoms with E-state index in [2.05, 4.69) is 0 Å². The summed E-state index contributed by atoms with van der Waals surface area (Å²) in [6.45, 7) is 1.97. The second-order valence-electron chi connectivity index (χ2n) is 8.28. The van der Waals surface area contributed by atoms with Gasteiger partial charge in [-0.1, -0.05) is 55.8 Å². The van der Waals surface area contributed by atoms with Crippen LogP contribution >= 0.6 is 0 Å². The lowest BCUT2D eigenvalue weighted by atomic mass is 9.81. The number of nitrogen functional groups attached to an aromatic ring is 1. The molecule has 2 aromatic rings. The largest absolute Gasteiger partial charge is 0.490 e. The Morgan fingerprint density at radius 1 is 1.14 bits per heavy atom. The molecule has 3 rings (SSSR count). The highest BCUT2D eigenvalue weighted by atomic mass is 19.4. The van der Waals surface area contributed by atoms with E-state index in [-0.39, 0.29) is 24.1 Å². The molecular weight excluding hydrogens is 495 g/mol. The predicted octanol–water partition coefficient (Wildman–Crippen LogP) is 3.81. The lowest BCUT2D eigenvalue weighted by Crippen LogP contribution is -2.54. The van der Waals surface area contributed by atoms with Crippen molar-refractivity contribution < 1.29 is 42.5 Å². The molecule has 3 unspecified atom stereocenters. The van der Waals surface area contributed by atoms with Gasteiger partial charge in [0.05, 0.1) is 12.3 Å². The summed E-state index contributed by atoms with van der Waals surface area (Å²) < 4.78 is 37.6. The van der Waals surface area contributed by atoms with Gasteiger partial charge in [-0.15, -0.1) is 0 Å². The zero-order valence-electron chi connectivity index (χ0n) is 20.2. The van der Waals surface area contributed by atoms with Crippen LogP contribution in [0, 0.1) is 5.41 Å². The first-order chi connectivity index (χ1) is 17.3. The fourth-order valence-corrected chi connectivity index (χ4v) is 4.24. The molecule has 0 bridgehead atoms. The molecule has 1 aliphatic rings. The molecule has 37 heavy (non-hydrogen) atoms. The summed E-state index contributed by atoms with van der Waals surface area (Å²) in [7, 11) is 1.54. The molecule has 0 saturated heterocycles. The van der Waals surface area contributed by atoms with E-state index in [1.807, 2.05) is 37.3 Å². The van der Waals surface area contributed by atoms with Crippen LogP contribution in [0.2, 0.25) is 0 Å². The number of hydrogen-bond donors (Lipinski definition) is 4. The number of carboxylic acids is 2. The first kappa shape index (κ1) is 29.3. The zero-order chi connectivity index (χ0) is 27.9. The highest BCUT2D eigenvalue weighted by Gasteiger charge is 2.44. The third-order valence-corrected chi connectivity index (χ3v) is 5.81. The second-order valence-corrected chi connectivity index (χ2v) is 8.28. The number of halogens is 3. The minimum atomic E-state index is -5.08. The van der Waals surface area contributed by atoms with Gasteiger partial charge >= 0.3 is 18.1 Å². The molecule has 3 atom stereocenters. The first-order valence-electron chi connectivity index (χ1n) is 11.2. The van der Waals surface area contributed by atoms with Crippen LogP contribution in [0.15, 0.2) is 48.5 Å². The normalized spacial score (nSPS) is 17.8. The average Bonchev–Trinajstić information content (AvgIpc) is 2.83. The Kier molecular flexibility index (Phi) is 9.78. The number of carbonyl (C=O) groups excluding carboxylic acids is 1. The number of hydrogen-bond acceptors (Lipinski definition) is 5. The maximum absolute atomic E-state index is 13.4. The number of carbonyl (C=O) groups is 3. The van der Waals surface area contributed by atoms with Crippen molar-refractivity contribution in [1.29, 1.82) is 5.41 Å². The Balaban J connectivity index is 0.000000604. The van der Waals surface area contributed by atoms with Gasteiger partial charge in [0.15, 0.2) is 0 Å². The molecule has 0 fully saturated rings. The molecule has 0 radical (unpaired) electrons. The smallest absolute Gasteiger partial charge is 0.481 e. The van der Waals surface area contributed by atoms with Crippen molar-refractivity contribution >= 4 is 23.7 Å². The third kappa shape index (κ3) is 7.06. The summed E-state index contributed by atoms with van der Waals surface area (Å²) >= 11 is 0. The van der Waals surface area contributed by atoms with E-state index in [9.17, 15) is 27.9 Å². The van der Waals surface area contributed by atoms with Crippen LogP contribution in [0.25, 0.3) is 0 Å². The standard InChI is InChI=1S/C23H27N3O4.C2HF3O2/c1-3-6-16(13-19(27)28)26-22(29)18-8-5-4-7-17(18)20(23(26)30-2)14-9-11-15(12-10-14)21(24)25;3-2(4,5)1(6)7/h4-5,7-12,16,20,23H,3,6,13H2,1-2H3,(H3,24,25)(H,27,28);(H,6,7). The van der Waals surface area contributed by atoms with Crippen molar-refractivity contribution in [3.8, 4) is 0 Å². The molecule has 1 amide bonds. The van der Waals surface area contributed by atoms with Gasteiger partial charge in [0, 0.05) is 24.3 Å². The fourth-order valence-electron chi connectivity index (χ4n) is 4.24. The van der Waals surface area contributed by atoms with Crippen LogP contribution in [-0.2, 0) is 14.3 Å². The Morgan fingerprint density at radius 3 is 2.16 bits per heavy atom. The molecule has 9 nitrogen and oxygen atoms in total. The van der Waals surface area contributed by atoms with Crippen LogP contribution in [0.4, 0.5) is 13.2 Å². The Morgan fingerprint density at radius 2 is 1.70 bits per heavy atom. The van der Waals surface area contributed by atoms with Gasteiger partial charge in [-0.05, 0) is 23.6 Å². The number of nitrogens with zero attached hydrogens (tertiary/aromatic N) is 1. The molecule has 200 valence electrons. The van der Waals surface area contributed by atoms with Gasteiger partial charge in [0.25, 0.3) is 5.91 Å². The Bertz CT molecular complexity index is 1140. The van der Waals surface area contributed by atoms with Gasteiger partial charge in [0.2, 0.25) is 0 Å². The number of nitrogens with two attached hydrogens (primary N) is 1. The summed E-state index contributed by atoms with van der Waals surface area (Å²) in [6.07, 6.45) is -4.56. The summed E-state index contributed by atoms with van der Waals surface area (Å²) in [5.74, 6) is -4.23. The first-order valence-corrected chi connectivity index (χ1v) is 11.2. The number of ether oxygens (including phenoxy) is 1. The van der Waals surface area contributed by atoms with Gasteiger partial charge in [-0.2, -0.15) is 13.2 Å². The molecule has 0 saturated carbocycles. The van der Waals surface area contributed by atoms with E-state index < -0.39 is 30.4 Å². The monoisotopic (exact) mass is 523 g/mol. The summed E-state index contributed by atoms with van der Waals surface area (Å²) in [4.78, 5) is 35.4. The number of carboxylic acid groups (broad SMARTS) is 2. The fraction of sp³-hybridized carbons (Fsp3) is 0.360. The van der Waals surface area contributed by atoms with Gasteiger partial charge < -0.3 is 25.6 Å². The molecule has 1 aliphatic heterocycles. The number of benzene rings is 2. The summed E-state index contributed by atoms with van der Waals surface area (Å²) in [6, 6.07) is 14.2. The van der Waals surface area contributed by atoms with Crippen molar-refractivity contribution in [2.24, 2.45) is 5.73 Å². The van der Waals surface area contributed by atoms with Crippen molar-refractivity contribution in [3.63, 3.8) is 0 Å². The molecule has 0 aliphatic carbocycles. The molecule has 0 spiro atoms.